The first kappa shape index (κ1) is 16.8. The van der Waals surface area contributed by atoms with Crippen LogP contribution in [0.5, 0.6) is 0 Å². The number of hydrogen-bond donors (Lipinski definition) is 1. The number of benzene rings is 1. The second kappa shape index (κ2) is 7.63. The van der Waals surface area contributed by atoms with Gasteiger partial charge in [0, 0.05) is 12.1 Å². The fraction of sp³-hybridized carbons (Fsp3) is 0.250. The normalized spacial score (nSPS) is 19.5. The summed E-state index contributed by atoms with van der Waals surface area (Å²) >= 11 is 0. The molecule has 1 aliphatic carbocycles. The lowest BCUT2D eigenvalue weighted by Gasteiger charge is -2.27. The molecule has 1 aromatic carbocycles. The summed E-state index contributed by atoms with van der Waals surface area (Å²) in [5, 5.41) is 0. The number of carbonyl (C=O) groups is 1. The molecule has 0 spiro atoms. The Morgan fingerprint density at radius 2 is 1.78 bits per heavy atom. The van der Waals surface area contributed by atoms with Crippen LogP contribution in [-0.2, 0) is 11.2 Å². The van der Waals surface area contributed by atoms with Crippen molar-refractivity contribution in [2.45, 2.75) is 26.7 Å². The van der Waals surface area contributed by atoms with Gasteiger partial charge in [0.2, 0.25) is 0 Å². The molecule has 0 fully saturated rings. The summed E-state index contributed by atoms with van der Waals surface area (Å²) in [6.45, 7) is 3.88. The van der Waals surface area contributed by atoms with Crippen LogP contribution in [0, 0.1) is 19.3 Å². The molecule has 0 bridgehead atoms. The van der Waals surface area contributed by atoms with Crippen molar-refractivity contribution in [3.8, 4) is 0 Å². The van der Waals surface area contributed by atoms with E-state index in [-0.39, 0.29) is 0 Å². The summed E-state index contributed by atoms with van der Waals surface area (Å²) in [5.74, 6) is 1.97. The highest BCUT2D eigenvalue weighted by Crippen LogP contribution is 2.31. The van der Waals surface area contributed by atoms with Crippen molar-refractivity contribution in [3.63, 3.8) is 0 Å². The van der Waals surface area contributed by atoms with E-state index in [0.29, 0.717) is 12.8 Å². The predicted octanol–water partition coefficient (Wildman–Crippen LogP) is 4.11. The van der Waals surface area contributed by atoms with Gasteiger partial charge in [0.25, 0.3) is 0 Å². The van der Waals surface area contributed by atoms with E-state index in [1.165, 1.54) is 0 Å². The Balaban J connectivity index is 0.000000229. The number of furan rings is 1. The molecule has 3 heteroatoms. The molecular weight excluding hydrogens is 286 g/mol. The van der Waals surface area contributed by atoms with Gasteiger partial charge >= 0.3 is 0 Å². The number of carbonyl (C=O) groups excluding carboxylic acids is 1. The number of allylic oxidation sites excluding steroid dienone is 4. The van der Waals surface area contributed by atoms with Crippen LogP contribution in [0.1, 0.15) is 23.5 Å². The minimum absolute atomic E-state index is 0.458. The minimum Gasteiger partial charge on any atom is -0.467 e. The van der Waals surface area contributed by atoms with Crippen LogP contribution in [0.2, 0.25) is 0 Å². The Hall–Kier alpha value is -2.55. The Morgan fingerprint density at radius 1 is 1.13 bits per heavy atom. The molecule has 1 unspecified atom stereocenters. The molecule has 2 aromatic rings. The Morgan fingerprint density at radius 3 is 2.26 bits per heavy atom. The van der Waals surface area contributed by atoms with Gasteiger partial charge in [-0.15, -0.1) is 0 Å². The van der Waals surface area contributed by atoms with Gasteiger partial charge < -0.3 is 14.9 Å². The zero-order chi connectivity index (χ0) is 16.7. The highest BCUT2D eigenvalue weighted by atomic mass is 16.3. The van der Waals surface area contributed by atoms with Crippen molar-refractivity contribution in [1.29, 1.82) is 0 Å². The molecule has 1 aromatic heterocycles. The second-order valence-corrected chi connectivity index (χ2v) is 5.95. The molecule has 0 aliphatic heterocycles. The molecule has 23 heavy (non-hydrogen) atoms. The molecule has 1 aliphatic rings. The number of rotatable bonds is 3. The largest absolute Gasteiger partial charge is 0.467 e. The fourth-order valence-corrected chi connectivity index (χ4v) is 2.64. The molecule has 1 atom stereocenters. The smallest absolute Gasteiger partial charge is 0.130 e. The first-order chi connectivity index (χ1) is 11.0. The molecule has 1 heterocycles. The third-order valence-corrected chi connectivity index (χ3v) is 3.76. The first-order valence-electron chi connectivity index (χ1n) is 7.70. The molecule has 0 saturated heterocycles. The van der Waals surface area contributed by atoms with Crippen molar-refractivity contribution in [1.82, 2.24) is 0 Å². The molecule has 0 amide bonds. The average Bonchev–Trinajstić information content (AvgIpc) is 2.92. The van der Waals surface area contributed by atoms with Gasteiger partial charge in [-0.25, -0.2) is 0 Å². The van der Waals surface area contributed by atoms with Gasteiger partial charge in [-0.3, -0.25) is 0 Å². The van der Waals surface area contributed by atoms with Crippen molar-refractivity contribution in [2.75, 3.05) is 0 Å². The number of aryl methyl sites for hydroxylation is 2. The van der Waals surface area contributed by atoms with E-state index in [1.54, 1.807) is 0 Å². The van der Waals surface area contributed by atoms with Gasteiger partial charge in [0.1, 0.15) is 17.8 Å². The third kappa shape index (κ3) is 4.99. The zero-order valence-electron chi connectivity index (χ0n) is 13.7. The fourth-order valence-electron chi connectivity index (χ4n) is 2.64. The Labute approximate surface area is 137 Å². The van der Waals surface area contributed by atoms with Crippen LogP contribution in [-0.4, -0.2) is 6.29 Å². The van der Waals surface area contributed by atoms with E-state index in [9.17, 15) is 4.79 Å². The highest BCUT2D eigenvalue weighted by molar-refractivity contribution is 5.65. The minimum atomic E-state index is -0.458. The van der Waals surface area contributed by atoms with E-state index in [2.05, 4.69) is 0 Å². The Bertz CT molecular complexity index is 681. The van der Waals surface area contributed by atoms with E-state index >= 15 is 0 Å². The molecule has 3 nitrogen and oxygen atoms in total. The SMILES string of the molecule is Cc1ccc(C)o1.NC1=CC=CC(C=O)(Cc2ccccc2)C1. The third-order valence-electron chi connectivity index (χ3n) is 3.76. The summed E-state index contributed by atoms with van der Waals surface area (Å²) in [5.41, 5.74) is 7.26. The molecule has 2 N–H and O–H groups in total. The van der Waals surface area contributed by atoms with E-state index in [1.807, 2.05) is 74.5 Å². The lowest BCUT2D eigenvalue weighted by molar-refractivity contribution is -0.114. The first-order valence-corrected chi connectivity index (χ1v) is 7.70. The molecule has 0 radical (unpaired) electrons. The van der Waals surface area contributed by atoms with E-state index in [0.717, 1.165) is 29.1 Å². The van der Waals surface area contributed by atoms with Gasteiger partial charge in [0.15, 0.2) is 0 Å². The van der Waals surface area contributed by atoms with Gasteiger partial charge in [-0.2, -0.15) is 0 Å². The number of nitrogens with two attached hydrogens (primary N) is 1. The van der Waals surface area contributed by atoms with Crippen molar-refractivity contribution in [3.05, 3.63) is 83.5 Å². The predicted molar refractivity (Wildman–Crippen MR) is 92.9 cm³/mol. The molecular formula is C20H23NO2. The summed E-state index contributed by atoms with van der Waals surface area (Å²) < 4.78 is 5.08. The number of hydrogen-bond acceptors (Lipinski definition) is 3. The van der Waals surface area contributed by atoms with Crippen LogP contribution >= 0.6 is 0 Å². The van der Waals surface area contributed by atoms with Crippen molar-refractivity contribution in [2.24, 2.45) is 11.1 Å². The second-order valence-electron chi connectivity index (χ2n) is 5.95. The lowest BCUT2D eigenvalue weighted by atomic mass is 9.77. The van der Waals surface area contributed by atoms with Crippen LogP contribution < -0.4 is 5.73 Å². The monoisotopic (exact) mass is 309 g/mol. The Kier molecular flexibility index (Phi) is 5.58. The van der Waals surface area contributed by atoms with Crippen LogP contribution in [0.15, 0.2) is 70.8 Å². The molecule has 0 saturated carbocycles. The summed E-state index contributed by atoms with van der Waals surface area (Å²) in [6, 6.07) is 13.9. The maximum absolute atomic E-state index is 11.3. The molecule has 120 valence electrons. The van der Waals surface area contributed by atoms with E-state index < -0.39 is 5.41 Å². The molecule has 3 rings (SSSR count). The topological polar surface area (TPSA) is 56.2 Å². The zero-order valence-corrected chi connectivity index (χ0v) is 13.7. The van der Waals surface area contributed by atoms with Crippen LogP contribution in [0.25, 0.3) is 0 Å². The summed E-state index contributed by atoms with van der Waals surface area (Å²) in [4.78, 5) is 11.3. The average molecular weight is 309 g/mol. The van der Waals surface area contributed by atoms with Crippen molar-refractivity contribution >= 4 is 6.29 Å². The maximum atomic E-state index is 11.3. The van der Waals surface area contributed by atoms with Gasteiger partial charge in [0.05, 0.1) is 5.41 Å². The van der Waals surface area contributed by atoms with Gasteiger partial charge in [-0.1, -0.05) is 42.5 Å². The highest BCUT2D eigenvalue weighted by Gasteiger charge is 2.29. The summed E-state index contributed by atoms with van der Waals surface area (Å²) in [7, 11) is 0. The van der Waals surface area contributed by atoms with Gasteiger partial charge in [-0.05, 0) is 44.0 Å². The maximum Gasteiger partial charge on any atom is 0.130 e. The number of aldehydes is 1. The van der Waals surface area contributed by atoms with E-state index in [4.69, 9.17) is 10.2 Å². The van der Waals surface area contributed by atoms with Crippen LogP contribution in [0.4, 0.5) is 0 Å². The van der Waals surface area contributed by atoms with Crippen LogP contribution in [0.3, 0.4) is 0 Å². The quantitative estimate of drug-likeness (QED) is 0.868. The standard InChI is InChI=1S/C14H15NO.C6H8O/c15-13-7-4-8-14(10-13,11-16)9-12-5-2-1-3-6-12;1-5-3-4-6(2)7-5/h1-8,11H,9-10,15H2;3-4H,1-2H3. The lowest BCUT2D eigenvalue weighted by Crippen LogP contribution is -2.27. The van der Waals surface area contributed by atoms with Crippen molar-refractivity contribution < 1.29 is 9.21 Å². The summed E-state index contributed by atoms with van der Waals surface area (Å²) in [6.07, 6.45) is 8.01.